The molecule has 0 saturated heterocycles. The zero-order valence-electron chi connectivity index (χ0n) is 5.85. The van der Waals surface area contributed by atoms with Crippen LogP contribution in [0.5, 0.6) is 5.75 Å². The van der Waals surface area contributed by atoms with Gasteiger partial charge in [-0.3, -0.25) is 4.79 Å². The Morgan fingerprint density at radius 2 is 2.36 bits per heavy atom. The second kappa shape index (κ2) is 2.61. The molecule has 5 heteroatoms. The lowest BCUT2D eigenvalue weighted by Gasteiger charge is -1.99. The molecule has 0 atom stereocenters. The lowest BCUT2D eigenvalue weighted by molar-refractivity contribution is 0.406. The number of halogens is 1. The van der Waals surface area contributed by atoms with E-state index in [1.54, 1.807) is 0 Å². The maximum absolute atomic E-state index is 12.5. The summed E-state index contributed by atoms with van der Waals surface area (Å²) in [6.07, 6.45) is 1.12. The number of pyridine rings is 1. The number of nitrogen functional groups attached to an aromatic ring is 1. The van der Waals surface area contributed by atoms with Gasteiger partial charge in [-0.15, -0.1) is 0 Å². The van der Waals surface area contributed by atoms with E-state index in [9.17, 15) is 9.18 Å². The highest BCUT2D eigenvalue weighted by molar-refractivity contribution is 5.41. The van der Waals surface area contributed by atoms with Crippen LogP contribution in [0.25, 0.3) is 0 Å². The van der Waals surface area contributed by atoms with Crippen LogP contribution in [0.3, 0.4) is 0 Å². The van der Waals surface area contributed by atoms with E-state index in [1.165, 1.54) is 7.11 Å². The summed E-state index contributed by atoms with van der Waals surface area (Å²) in [5.41, 5.74) is 3.97. The predicted octanol–water partition coefficient (Wildman–Crippen LogP) is 0.105. The minimum atomic E-state index is -0.837. The van der Waals surface area contributed by atoms with Gasteiger partial charge in [0.05, 0.1) is 7.11 Å². The maximum Gasteiger partial charge on any atom is 0.249 e. The number of aromatic nitrogens is 1. The summed E-state index contributed by atoms with van der Waals surface area (Å²) in [4.78, 5) is 13.1. The summed E-state index contributed by atoms with van der Waals surface area (Å²) in [5, 5.41) is 0. The first-order valence-corrected chi connectivity index (χ1v) is 2.87. The Morgan fingerprint density at radius 1 is 1.73 bits per heavy atom. The molecule has 3 N–H and O–H groups in total. The van der Waals surface area contributed by atoms with Crippen LogP contribution in [0.15, 0.2) is 11.0 Å². The van der Waals surface area contributed by atoms with Crippen molar-refractivity contribution in [1.29, 1.82) is 0 Å². The van der Waals surface area contributed by atoms with Crippen LogP contribution in [-0.4, -0.2) is 12.1 Å². The number of methoxy groups -OCH3 is 1. The van der Waals surface area contributed by atoms with Crippen molar-refractivity contribution in [3.63, 3.8) is 0 Å². The average Bonchev–Trinajstić information content (AvgIpc) is 2.01. The molecule has 11 heavy (non-hydrogen) atoms. The Hall–Kier alpha value is -1.52. The van der Waals surface area contributed by atoms with Crippen molar-refractivity contribution in [3.8, 4) is 5.75 Å². The number of hydrogen-bond donors (Lipinski definition) is 2. The molecule has 0 aliphatic rings. The lowest BCUT2D eigenvalue weighted by Crippen LogP contribution is -2.13. The van der Waals surface area contributed by atoms with Crippen molar-refractivity contribution >= 4 is 5.69 Å². The summed E-state index contributed by atoms with van der Waals surface area (Å²) in [6.45, 7) is 0. The monoisotopic (exact) mass is 158 g/mol. The van der Waals surface area contributed by atoms with Crippen molar-refractivity contribution in [2.24, 2.45) is 0 Å². The van der Waals surface area contributed by atoms with Gasteiger partial charge in [0.1, 0.15) is 5.69 Å². The third-order valence-electron chi connectivity index (χ3n) is 1.25. The van der Waals surface area contributed by atoms with Crippen LogP contribution in [0.1, 0.15) is 0 Å². The first-order valence-electron chi connectivity index (χ1n) is 2.87. The standard InChI is InChI=1S/C6H7FN2O2/c1-11-3-2-9-6(7)4(8)5(3)10/h2H,8H2,1H3,(H,9,10). The Labute approximate surface area is 61.8 Å². The number of hydrogen-bond acceptors (Lipinski definition) is 3. The fraction of sp³-hybridized carbons (Fsp3) is 0.167. The van der Waals surface area contributed by atoms with Gasteiger partial charge in [-0.05, 0) is 0 Å². The summed E-state index contributed by atoms with van der Waals surface area (Å²) in [7, 11) is 1.31. The average molecular weight is 158 g/mol. The molecule has 1 aromatic rings. The van der Waals surface area contributed by atoms with Crippen LogP contribution >= 0.6 is 0 Å². The van der Waals surface area contributed by atoms with Gasteiger partial charge in [-0.2, -0.15) is 4.39 Å². The Bertz CT molecular complexity index is 321. The molecular formula is C6H7FN2O2. The molecule has 0 amide bonds. The maximum atomic E-state index is 12.5. The number of anilines is 1. The molecule has 0 aliphatic carbocycles. The van der Waals surface area contributed by atoms with Crippen LogP contribution in [0, 0.1) is 5.95 Å². The zero-order valence-corrected chi connectivity index (χ0v) is 5.85. The number of ether oxygens (including phenoxy) is 1. The Kier molecular flexibility index (Phi) is 1.80. The van der Waals surface area contributed by atoms with Gasteiger partial charge in [0.2, 0.25) is 11.4 Å². The minimum Gasteiger partial charge on any atom is -0.491 e. The van der Waals surface area contributed by atoms with Crippen molar-refractivity contribution in [2.45, 2.75) is 0 Å². The summed E-state index contributed by atoms with van der Waals surface area (Å²) >= 11 is 0. The molecule has 0 radical (unpaired) electrons. The van der Waals surface area contributed by atoms with Crippen LogP contribution in [-0.2, 0) is 0 Å². The van der Waals surface area contributed by atoms with E-state index in [0.717, 1.165) is 6.20 Å². The molecule has 0 saturated carbocycles. The van der Waals surface area contributed by atoms with Gasteiger partial charge in [-0.1, -0.05) is 0 Å². The SMILES string of the molecule is COc1c[nH]c(F)c(N)c1=O. The van der Waals surface area contributed by atoms with E-state index in [4.69, 9.17) is 5.73 Å². The van der Waals surface area contributed by atoms with Crippen LogP contribution in [0.4, 0.5) is 10.1 Å². The zero-order chi connectivity index (χ0) is 8.43. The van der Waals surface area contributed by atoms with E-state index in [1.807, 2.05) is 0 Å². The smallest absolute Gasteiger partial charge is 0.249 e. The van der Waals surface area contributed by atoms with E-state index >= 15 is 0 Å². The molecular weight excluding hydrogens is 151 g/mol. The molecule has 1 heterocycles. The molecule has 0 fully saturated rings. The van der Waals surface area contributed by atoms with E-state index in [2.05, 4.69) is 9.72 Å². The summed E-state index contributed by atoms with van der Waals surface area (Å²) in [6, 6.07) is 0. The molecule has 0 aromatic carbocycles. The highest BCUT2D eigenvalue weighted by atomic mass is 19.1. The van der Waals surface area contributed by atoms with Crippen molar-refractivity contribution in [2.75, 3.05) is 12.8 Å². The van der Waals surface area contributed by atoms with E-state index < -0.39 is 17.1 Å². The molecule has 60 valence electrons. The molecule has 0 spiro atoms. The number of aromatic amines is 1. The molecule has 0 unspecified atom stereocenters. The molecule has 0 aliphatic heterocycles. The highest BCUT2D eigenvalue weighted by Gasteiger charge is 2.06. The first kappa shape index (κ1) is 7.59. The third kappa shape index (κ3) is 1.17. The predicted molar refractivity (Wildman–Crippen MR) is 38.0 cm³/mol. The van der Waals surface area contributed by atoms with Crippen molar-refractivity contribution < 1.29 is 9.13 Å². The van der Waals surface area contributed by atoms with E-state index in [0.29, 0.717) is 0 Å². The number of nitrogens with one attached hydrogen (secondary N) is 1. The van der Waals surface area contributed by atoms with Gasteiger partial charge in [0.15, 0.2) is 5.75 Å². The number of H-pyrrole nitrogens is 1. The second-order valence-corrected chi connectivity index (χ2v) is 1.91. The van der Waals surface area contributed by atoms with E-state index in [-0.39, 0.29) is 5.75 Å². The largest absolute Gasteiger partial charge is 0.491 e. The van der Waals surface area contributed by atoms with Gasteiger partial charge in [-0.25, -0.2) is 0 Å². The summed E-state index contributed by atoms with van der Waals surface area (Å²) < 4.78 is 17.1. The Balaban J connectivity index is 3.37. The second-order valence-electron chi connectivity index (χ2n) is 1.91. The number of rotatable bonds is 1. The van der Waals surface area contributed by atoms with Crippen LogP contribution in [0.2, 0.25) is 0 Å². The van der Waals surface area contributed by atoms with Gasteiger partial charge in [0.25, 0.3) is 0 Å². The number of nitrogens with two attached hydrogens (primary N) is 1. The van der Waals surface area contributed by atoms with Gasteiger partial charge < -0.3 is 15.5 Å². The first-order chi connectivity index (χ1) is 5.16. The molecule has 1 rings (SSSR count). The normalized spacial score (nSPS) is 9.64. The topological polar surface area (TPSA) is 68.1 Å². The van der Waals surface area contributed by atoms with Gasteiger partial charge in [0, 0.05) is 6.20 Å². The minimum absolute atomic E-state index is 0.00361. The Morgan fingerprint density at radius 3 is 2.91 bits per heavy atom. The van der Waals surface area contributed by atoms with Crippen LogP contribution < -0.4 is 15.9 Å². The molecule has 4 nitrogen and oxygen atoms in total. The third-order valence-corrected chi connectivity index (χ3v) is 1.25. The summed E-state index contributed by atoms with van der Waals surface area (Å²) in [5.74, 6) is -0.834. The lowest BCUT2D eigenvalue weighted by atomic mass is 10.4. The van der Waals surface area contributed by atoms with Crippen molar-refractivity contribution in [1.82, 2.24) is 4.98 Å². The molecule has 0 bridgehead atoms. The van der Waals surface area contributed by atoms with Crippen molar-refractivity contribution in [3.05, 3.63) is 22.4 Å². The fourth-order valence-electron chi connectivity index (χ4n) is 0.656. The fourth-order valence-corrected chi connectivity index (χ4v) is 0.656. The highest BCUT2D eigenvalue weighted by Crippen LogP contribution is 2.06. The van der Waals surface area contributed by atoms with Gasteiger partial charge >= 0.3 is 0 Å². The quantitative estimate of drug-likeness (QED) is 0.570. The molecule has 1 aromatic heterocycles.